The number of nitrogens with zero attached hydrogens (tertiary/aromatic N) is 3. The van der Waals surface area contributed by atoms with Gasteiger partial charge >= 0.3 is 0 Å². The molecular formula is C17H16Br2FN3O2S. The average Bonchev–Trinajstić information content (AvgIpc) is 2.99. The first kappa shape index (κ1) is 22.3. The van der Waals surface area contributed by atoms with Crippen LogP contribution >= 0.6 is 45.3 Å². The molecule has 5 nitrogen and oxygen atoms in total. The predicted molar refractivity (Wildman–Crippen MR) is 111 cm³/mol. The Bertz CT molecular complexity index is 934. The number of pyridine rings is 1. The fourth-order valence-corrected chi connectivity index (χ4v) is 3.31. The summed E-state index contributed by atoms with van der Waals surface area (Å²) >= 11 is 1.47. The maximum atomic E-state index is 13.3. The second-order valence-electron chi connectivity index (χ2n) is 5.52. The molecule has 3 rings (SSSR count). The highest BCUT2D eigenvalue weighted by Crippen LogP contribution is 2.27. The van der Waals surface area contributed by atoms with E-state index in [1.54, 1.807) is 19.2 Å². The van der Waals surface area contributed by atoms with E-state index >= 15 is 0 Å². The number of hydrogen-bond acceptors (Lipinski definition) is 5. The summed E-state index contributed by atoms with van der Waals surface area (Å²) in [6.07, 6.45) is 3.31. The van der Waals surface area contributed by atoms with Crippen LogP contribution in [-0.4, -0.2) is 14.9 Å². The highest BCUT2D eigenvalue weighted by molar-refractivity contribution is 8.93. The summed E-state index contributed by atoms with van der Waals surface area (Å²) in [6, 6.07) is 4.82. The van der Waals surface area contributed by atoms with Gasteiger partial charge in [-0.1, -0.05) is 0 Å². The number of aromatic nitrogens is 2. The third kappa shape index (κ3) is 4.93. The molecule has 0 aliphatic carbocycles. The van der Waals surface area contributed by atoms with Crippen LogP contribution in [0.15, 0.2) is 36.0 Å². The molecular weight excluding hydrogens is 489 g/mol. The molecule has 0 amide bonds. The van der Waals surface area contributed by atoms with Crippen LogP contribution < -0.4 is 0 Å². The van der Waals surface area contributed by atoms with Crippen molar-refractivity contribution in [1.29, 1.82) is 0 Å². The van der Waals surface area contributed by atoms with Gasteiger partial charge in [0.15, 0.2) is 0 Å². The van der Waals surface area contributed by atoms with Crippen LogP contribution in [0, 0.1) is 29.8 Å². The highest BCUT2D eigenvalue weighted by atomic mass is 79.9. The molecule has 0 bridgehead atoms. The molecule has 3 aromatic rings. The lowest BCUT2D eigenvalue weighted by Crippen LogP contribution is -1.98. The van der Waals surface area contributed by atoms with Gasteiger partial charge in [-0.15, -0.1) is 45.3 Å². The summed E-state index contributed by atoms with van der Waals surface area (Å²) in [5.74, 6) is -0.399. The van der Waals surface area contributed by atoms with Crippen LogP contribution in [0.2, 0.25) is 0 Å². The number of halogens is 3. The Labute approximate surface area is 175 Å². The van der Waals surface area contributed by atoms with Crippen molar-refractivity contribution in [3.05, 3.63) is 73.6 Å². The summed E-state index contributed by atoms with van der Waals surface area (Å²) in [4.78, 5) is 19.0. The van der Waals surface area contributed by atoms with Crippen LogP contribution in [0.3, 0.4) is 0 Å². The van der Waals surface area contributed by atoms with Crippen molar-refractivity contribution in [3.8, 4) is 11.3 Å². The summed E-state index contributed by atoms with van der Waals surface area (Å²) < 4.78 is 13.3. The number of nitro benzene ring substituents is 1. The van der Waals surface area contributed by atoms with Crippen LogP contribution in [0.5, 0.6) is 0 Å². The van der Waals surface area contributed by atoms with E-state index in [1.807, 2.05) is 18.4 Å². The van der Waals surface area contributed by atoms with Gasteiger partial charge in [0, 0.05) is 35.2 Å². The van der Waals surface area contributed by atoms with Crippen molar-refractivity contribution in [3.63, 3.8) is 0 Å². The lowest BCUT2D eigenvalue weighted by molar-refractivity contribution is -0.385. The van der Waals surface area contributed by atoms with Crippen LogP contribution in [0.1, 0.15) is 21.7 Å². The van der Waals surface area contributed by atoms with E-state index in [2.05, 4.69) is 9.97 Å². The van der Waals surface area contributed by atoms with Gasteiger partial charge in [0.05, 0.1) is 21.8 Å². The van der Waals surface area contributed by atoms with Gasteiger partial charge in [-0.25, -0.2) is 9.37 Å². The van der Waals surface area contributed by atoms with Gasteiger partial charge in [0.1, 0.15) is 5.82 Å². The molecule has 0 aliphatic heterocycles. The lowest BCUT2D eigenvalue weighted by atomic mass is 10.0. The minimum atomic E-state index is -0.399. The third-order valence-corrected chi connectivity index (χ3v) is 4.59. The molecule has 2 heterocycles. The summed E-state index contributed by atoms with van der Waals surface area (Å²) in [5.41, 5.74) is 3.92. The molecule has 0 N–H and O–H groups in total. The topological polar surface area (TPSA) is 68.9 Å². The molecule has 9 heteroatoms. The zero-order valence-electron chi connectivity index (χ0n) is 13.9. The average molecular weight is 505 g/mol. The van der Waals surface area contributed by atoms with Crippen molar-refractivity contribution in [1.82, 2.24) is 9.97 Å². The van der Waals surface area contributed by atoms with Crippen molar-refractivity contribution < 1.29 is 9.31 Å². The molecule has 0 atom stereocenters. The smallest absolute Gasteiger partial charge is 0.261 e. The second-order valence-corrected chi connectivity index (χ2v) is 6.46. The van der Waals surface area contributed by atoms with E-state index in [1.165, 1.54) is 17.4 Å². The quantitative estimate of drug-likeness (QED) is 0.341. The molecule has 0 radical (unpaired) electrons. The number of thiazole rings is 1. The summed E-state index contributed by atoms with van der Waals surface area (Å²) in [5, 5.41) is 13.7. The monoisotopic (exact) mass is 503 g/mol. The van der Waals surface area contributed by atoms with Crippen molar-refractivity contribution in [2.24, 2.45) is 0 Å². The first-order valence-corrected chi connectivity index (χ1v) is 8.12. The number of nitro groups is 1. The highest BCUT2D eigenvalue weighted by Gasteiger charge is 2.15. The van der Waals surface area contributed by atoms with Gasteiger partial charge in [-0.3, -0.25) is 15.1 Å². The number of rotatable bonds is 4. The molecule has 0 aliphatic rings. The molecule has 0 saturated heterocycles. The molecule has 0 unspecified atom stereocenters. The summed E-state index contributed by atoms with van der Waals surface area (Å²) in [7, 11) is 0. The SMILES string of the molecule is Br.Br.Cc1cc([N+](=O)[O-])c(C)cc1Cc1nc(-c2cncc(F)c2)cs1. The van der Waals surface area contributed by atoms with E-state index in [0.29, 0.717) is 23.2 Å². The minimum absolute atomic E-state index is 0. The molecule has 2 aromatic heterocycles. The van der Waals surface area contributed by atoms with Crippen molar-refractivity contribution in [2.75, 3.05) is 0 Å². The normalized spacial score (nSPS) is 9.96. The standard InChI is InChI=1S/C17H14FN3O2S.2BrH/c1-10-4-16(21(22)23)11(2)3-12(10)6-17-20-15(9-24-17)13-5-14(18)8-19-7-13;;/h3-5,7-9H,6H2,1-2H3;2*1H. The Morgan fingerprint density at radius 3 is 2.54 bits per heavy atom. The van der Waals surface area contributed by atoms with E-state index < -0.39 is 5.82 Å². The largest absolute Gasteiger partial charge is 0.272 e. The molecule has 26 heavy (non-hydrogen) atoms. The maximum absolute atomic E-state index is 13.3. The second kappa shape index (κ2) is 9.29. The number of aryl methyl sites for hydroxylation is 2. The van der Waals surface area contributed by atoms with Gasteiger partial charge in [0.25, 0.3) is 5.69 Å². The van der Waals surface area contributed by atoms with Gasteiger partial charge in [0.2, 0.25) is 0 Å². The Hall–Kier alpha value is -1.71. The molecule has 0 fully saturated rings. The van der Waals surface area contributed by atoms with Crippen LogP contribution in [-0.2, 0) is 6.42 Å². The van der Waals surface area contributed by atoms with Crippen molar-refractivity contribution in [2.45, 2.75) is 20.3 Å². The maximum Gasteiger partial charge on any atom is 0.272 e. The molecule has 138 valence electrons. The van der Waals surface area contributed by atoms with Gasteiger partial charge in [-0.05, 0) is 37.1 Å². The third-order valence-electron chi connectivity index (χ3n) is 3.75. The van der Waals surface area contributed by atoms with E-state index in [0.717, 1.165) is 22.3 Å². The lowest BCUT2D eigenvalue weighted by Gasteiger charge is -2.06. The predicted octanol–water partition coefficient (Wildman–Crippen LogP) is 5.62. The van der Waals surface area contributed by atoms with Gasteiger partial charge < -0.3 is 0 Å². The first-order valence-electron chi connectivity index (χ1n) is 7.24. The Morgan fingerprint density at radius 2 is 1.88 bits per heavy atom. The fourth-order valence-electron chi connectivity index (χ4n) is 2.49. The Morgan fingerprint density at radius 1 is 1.15 bits per heavy atom. The van der Waals surface area contributed by atoms with Crippen LogP contribution in [0.25, 0.3) is 11.3 Å². The van der Waals surface area contributed by atoms with Gasteiger partial charge in [-0.2, -0.15) is 0 Å². The Kier molecular flexibility index (Phi) is 7.98. The summed E-state index contributed by atoms with van der Waals surface area (Å²) in [6.45, 7) is 3.58. The van der Waals surface area contributed by atoms with Crippen molar-refractivity contribution >= 4 is 51.0 Å². The molecule has 0 spiro atoms. The van der Waals surface area contributed by atoms with E-state index in [-0.39, 0.29) is 44.6 Å². The fraction of sp³-hybridized carbons (Fsp3) is 0.176. The molecule has 1 aromatic carbocycles. The molecule has 0 saturated carbocycles. The number of hydrogen-bond donors (Lipinski definition) is 0. The zero-order chi connectivity index (χ0) is 17.3. The van der Waals surface area contributed by atoms with E-state index in [4.69, 9.17) is 0 Å². The van der Waals surface area contributed by atoms with E-state index in [9.17, 15) is 14.5 Å². The number of benzene rings is 1. The zero-order valence-corrected chi connectivity index (χ0v) is 18.2. The Balaban J connectivity index is 0.00000169. The minimum Gasteiger partial charge on any atom is -0.261 e. The first-order chi connectivity index (χ1) is 11.4. The van der Waals surface area contributed by atoms with Crippen LogP contribution in [0.4, 0.5) is 10.1 Å².